The Bertz CT molecular complexity index is 348. The molecule has 1 rings (SSSR count). The number of rotatable bonds is 18. The molecule has 0 aromatic heterocycles. The maximum Gasteiger partial charge on any atom is 0.500 e. The standard InChI is InChI=1S/C9H23NO3Si.C9H20O5Si/c1-4-11-14(12-5-2,13-6-3)9-7-8-10;1-10-15(11-2,12-3)6-4-5-13-7-9-8-14-9/h4-10H2,1-3H3;9H,4-8H2,1-3H3. The van der Waals surface area contributed by atoms with Crippen molar-refractivity contribution in [1.82, 2.24) is 0 Å². The van der Waals surface area contributed by atoms with E-state index in [2.05, 4.69) is 0 Å². The average molecular weight is 458 g/mol. The molecule has 0 aromatic carbocycles. The molecule has 1 atom stereocenters. The van der Waals surface area contributed by atoms with E-state index in [4.69, 9.17) is 41.8 Å². The number of hydrogen-bond acceptors (Lipinski definition) is 9. The summed E-state index contributed by atoms with van der Waals surface area (Å²) < 4.78 is 43.3. The van der Waals surface area contributed by atoms with Crippen LogP contribution in [0.4, 0.5) is 0 Å². The second-order valence-electron chi connectivity index (χ2n) is 6.30. The van der Waals surface area contributed by atoms with Crippen LogP contribution in [0.15, 0.2) is 0 Å². The summed E-state index contributed by atoms with van der Waals surface area (Å²) in [6.45, 7) is 10.7. The van der Waals surface area contributed by atoms with Gasteiger partial charge in [0.25, 0.3) is 0 Å². The second kappa shape index (κ2) is 17.7. The largest absolute Gasteiger partial charge is 0.500 e. The molecule has 1 aliphatic rings. The van der Waals surface area contributed by atoms with Crippen LogP contribution in [0.1, 0.15) is 33.6 Å². The van der Waals surface area contributed by atoms with Gasteiger partial charge in [-0.2, -0.15) is 0 Å². The minimum Gasteiger partial charge on any atom is -0.379 e. The topological polar surface area (TPSA) is 103 Å². The van der Waals surface area contributed by atoms with E-state index in [9.17, 15) is 0 Å². The molecule has 2 N–H and O–H groups in total. The van der Waals surface area contributed by atoms with Crippen molar-refractivity contribution in [3.8, 4) is 0 Å². The van der Waals surface area contributed by atoms with Crippen LogP contribution in [-0.4, -0.2) is 91.2 Å². The molecule has 0 bridgehead atoms. The van der Waals surface area contributed by atoms with Crippen molar-refractivity contribution in [2.75, 3.05) is 67.5 Å². The van der Waals surface area contributed by atoms with E-state index in [0.717, 1.165) is 31.5 Å². The summed E-state index contributed by atoms with van der Waals surface area (Å²) >= 11 is 0. The molecule has 0 saturated carbocycles. The van der Waals surface area contributed by atoms with E-state index in [-0.39, 0.29) is 0 Å². The molecule has 1 aliphatic heterocycles. The van der Waals surface area contributed by atoms with Gasteiger partial charge in [0.1, 0.15) is 6.10 Å². The molecule has 0 radical (unpaired) electrons. The molecule has 0 aliphatic carbocycles. The first-order valence-corrected chi connectivity index (χ1v) is 14.3. The molecule has 1 heterocycles. The zero-order chi connectivity index (χ0) is 22.0. The SMILES string of the molecule is CCO[Si](CCCN)(OCC)OCC.CO[Si](CCCOCC1CO1)(OC)OC. The number of hydrogen-bond donors (Lipinski definition) is 1. The molecule has 1 fully saturated rings. The third-order valence-corrected chi connectivity index (χ3v) is 10.2. The van der Waals surface area contributed by atoms with E-state index >= 15 is 0 Å². The van der Waals surface area contributed by atoms with Gasteiger partial charge in [0.05, 0.1) is 13.2 Å². The highest BCUT2D eigenvalue weighted by Gasteiger charge is 2.39. The van der Waals surface area contributed by atoms with Gasteiger partial charge in [-0.25, -0.2) is 0 Å². The highest BCUT2D eigenvalue weighted by atomic mass is 28.4. The van der Waals surface area contributed by atoms with Crippen molar-refractivity contribution in [3.05, 3.63) is 0 Å². The smallest absolute Gasteiger partial charge is 0.379 e. The Morgan fingerprint density at radius 1 is 0.828 bits per heavy atom. The molecule has 0 aromatic rings. The zero-order valence-electron chi connectivity index (χ0n) is 19.2. The summed E-state index contributed by atoms with van der Waals surface area (Å²) in [6, 6.07) is 1.60. The Morgan fingerprint density at radius 3 is 1.69 bits per heavy atom. The lowest BCUT2D eigenvalue weighted by atomic mass is 10.5. The van der Waals surface area contributed by atoms with E-state index in [1.165, 1.54) is 0 Å². The first kappa shape index (κ1) is 29.1. The van der Waals surface area contributed by atoms with Crippen LogP contribution < -0.4 is 5.73 Å². The quantitative estimate of drug-likeness (QED) is 0.188. The first-order valence-electron chi connectivity index (χ1n) is 10.5. The summed E-state index contributed by atoms with van der Waals surface area (Å²) in [5, 5.41) is 0. The Balaban J connectivity index is 0.000000543. The highest BCUT2D eigenvalue weighted by molar-refractivity contribution is 6.61. The van der Waals surface area contributed by atoms with Crippen molar-refractivity contribution in [3.63, 3.8) is 0 Å². The van der Waals surface area contributed by atoms with E-state index in [1.54, 1.807) is 21.3 Å². The third-order valence-electron chi connectivity index (χ3n) is 4.19. The average Bonchev–Trinajstić information content (AvgIpc) is 3.55. The minimum absolute atomic E-state index is 0.333. The molecular weight excluding hydrogens is 414 g/mol. The van der Waals surface area contributed by atoms with Gasteiger partial charge in [-0.15, -0.1) is 0 Å². The Morgan fingerprint density at radius 2 is 1.31 bits per heavy atom. The van der Waals surface area contributed by atoms with E-state index in [1.807, 2.05) is 20.8 Å². The van der Waals surface area contributed by atoms with Gasteiger partial charge in [0.2, 0.25) is 0 Å². The van der Waals surface area contributed by atoms with Crippen molar-refractivity contribution in [2.45, 2.75) is 51.8 Å². The molecule has 11 heteroatoms. The lowest BCUT2D eigenvalue weighted by Crippen LogP contribution is -2.46. The fourth-order valence-corrected chi connectivity index (χ4v) is 6.98. The van der Waals surface area contributed by atoms with E-state index < -0.39 is 17.6 Å². The van der Waals surface area contributed by atoms with Crippen LogP contribution in [0.2, 0.25) is 12.1 Å². The van der Waals surface area contributed by atoms with Gasteiger partial charge in [-0.1, -0.05) is 0 Å². The van der Waals surface area contributed by atoms with Gasteiger partial charge in [-0.3, -0.25) is 0 Å². The molecular formula is C18H43NO8Si2. The second-order valence-corrected chi connectivity index (χ2v) is 12.1. The minimum atomic E-state index is -2.40. The Labute approximate surface area is 179 Å². The molecule has 1 saturated heterocycles. The van der Waals surface area contributed by atoms with Crippen LogP contribution in [0.25, 0.3) is 0 Å². The fraction of sp³-hybridized carbons (Fsp3) is 1.00. The number of nitrogens with two attached hydrogens (primary N) is 1. The van der Waals surface area contributed by atoms with Crippen LogP contribution in [0.5, 0.6) is 0 Å². The van der Waals surface area contributed by atoms with Crippen LogP contribution in [0.3, 0.4) is 0 Å². The predicted molar refractivity (Wildman–Crippen MR) is 116 cm³/mol. The maximum absolute atomic E-state index is 5.65. The van der Waals surface area contributed by atoms with Gasteiger partial charge < -0.3 is 41.8 Å². The molecule has 176 valence electrons. The van der Waals surface area contributed by atoms with Crippen molar-refractivity contribution >= 4 is 17.6 Å². The van der Waals surface area contributed by atoms with Gasteiger partial charge >= 0.3 is 17.6 Å². The van der Waals surface area contributed by atoms with Crippen LogP contribution in [-0.2, 0) is 36.0 Å². The summed E-state index contributed by atoms with van der Waals surface area (Å²) in [5.41, 5.74) is 5.48. The zero-order valence-corrected chi connectivity index (χ0v) is 21.2. The molecule has 0 amide bonds. The summed E-state index contributed by atoms with van der Waals surface area (Å²) in [6.07, 6.45) is 2.11. The highest BCUT2D eigenvalue weighted by Crippen LogP contribution is 2.17. The molecule has 9 nitrogen and oxygen atoms in total. The first-order chi connectivity index (χ1) is 14.0. The molecule has 29 heavy (non-hydrogen) atoms. The van der Waals surface area contributed by atoms with Crippen molar-refractivity contribution < 1.29 is 36.0 Å². The Hall–Kier alpha value is 0.0738. The summed E-state index contributed by atoms with van der Waals surface area (Å²) in [4.78, 5) is 0. The predicted octanol–water partition coefficient (Wildman–Crippen LogP) is 2.05. The monoisotopic (exact) mass is 457 g/mol. The van der Waals surface area contributed by atoms with Gasteiger partial charge in [0, 0.05) is 59.8 Å². The number of epoxide rings is 1. The summed E-state index contributed by atoms with van der Waals surface area (Å²) in [5.74, 6) is 0. The molecule has 0 spiro atoms. The summed E-state index contributed by atoms with van der Waals surface area (Å²) in [7, 11) is 0.0827. The van der Waals surface area contributed by atoms with Crippen molar-refractivity contribution in [1.29, 1.82) is 0 Å². The maximum atomic E-state index is 5.65. The number of ether oxygens (including phenoxy) is 2. The fourth-order valence-electron chi connectivity index (χ4n) is 2.65. The normalized spacial score (nSPS) is 16.4. The lowest BCUT2D eigenvalue weighted by Gasteiger charge is -2.28. The van der Waals surface area contributed by atoms with Crippen LogP contribution in [0, 0.1) is 0 Å². The third kappa shape index (κ3) is 13.2. The Kier molecular flexibility index (Phi) is 17.8. The molecule has 1 unspecified atom stereocenters. The lowest BCUT2D eigenvalue weighted by molar-refractivity contribution is 0.0710. The van der Waals surface area contributed by atoms with Crippen LogP contribution >= 0.6 is 0 Å². The van der Waals surface area contributed by atoms with E-state index in [0.29, 0.717) is 45.7 Å². The van der Waals surface area contributed by atoms with Crippen molar-refractivity contribution in [2.24, 2.45) is 5.73 Å². The van der Waals surface area contributed by atoms with Gasteiger partial charge in [0.15, 0.2) is 0 Å². The van der Waals surface area contributed by atoms with Gasteiger partial charge in [-0.05, 0) is 40.2 Å².